The van der Waals surface area contributed by atoms with Gasteiger partial charge in [0.1, 0.15) is 0 Å². The Morgan fingerprint density at radius 1 is 1.50 bits per heavy atom. The minimum atomic E-state index is -0.798. The van der Waals surface area contributed by atoms with Gasteiger partial charge in [-0.25, -0.2) is 0 Å². The van der Waals surface area contributed by atoms with Gasteiger partial charge >= 0.3 is 5.97 Å². The van der Waals surface area contributed by atoms with Crippen LogP contribution in [0.1, 0.15) is 27.9 Å². The van der Waals surface area contributed by atoms with E-state index in [0.29, 0.717) is 13.0 Å². The number of rotatable bonds is 3. The number of aliphatic carboxylic acids is 1. The largest absolute Gasteiger partial charge is 0.481 e. The Bertz CT molecular complexity index is 454. The first-order chi connectivity index (χ1) is 7.58. The summed E-state index contributed by atoms with van der Waals surface area (Å²) in [6, 6.07) is 5.55. The van der Waals surface area contributed by atoms with Crippen molar-refractivity contribution in [1.29, 1.82) is 0 Å². The zero-order valence-electron chi connectivity index (χ0n) is 9.06. The number of hydrogen-bond donors (Lipinski definition) is 1. The number of carbonyl (C=O) groups excluding carboxylic acids is 1. The molecule has 16 heavy (non-hydrogen) atoms. The third-order valence-electron chi connectivity index (χ3n) is 2.78. The van der Waals surface area contributed by atoms with E-state index in [1.807, 2.05) is 12.1 Å². The van der Waals surface area contributed by atoms with Gasteiger partial charge in [-0.3, -0.25) is 9.59 Å². The summed E-state index contributed by atoms with van der Waals surface area (Å²) in [5.41, 5.74) is 2.71. The lowest BCUT2D eigenvalue weighted by Crippen LogP contribution is -2.17. The maximum absolute atomic E-state index is 11.6. The molecule has 1 amide bonds. The Morgan fingerprint density at radius 2 is 2.25 bits per heavy atom. The quantitative estimate of drug-likeness (QED) is 0.833. The van der Waals surface area contributed by atoms with E-state index in [1.54, 1.807) is 18.0 Å². The molecule has 2 rings (SSSR count). The molecule has 4 nitrogen and oxygen atoms in total. The van der Waals surface area contributed by atoms with Crippen LogP contribution in [0.3, 0.4) is 0 Å². The molecule has 0 saturated carbocycles. The van der Waals surface area contributed by atoms with E-state index in [2.05, 4.69) is 0 Å². The Balaban J connectivity index is 2.18. The number of hydrogen-bond acceptors (Lipinski definition) is 2. The zero-order valence-corrected chi connectivity index (χ0v) is 9.06. The van der Waals surface area contributed by atoms with Crippen molar-refractivity contribution >= 4 is 11.9 Å². The summed E-state index contributed by atoms with van der Waals surface area (Å²) in [4.78, 5) is 23.7. The molecule has 0 bridgehead atoms. The van der Waals surface area contributed by atoms with Crippen molar-refractivity contribution in [2.75, 3.05) is 7.05 Å². The fraction of sp³-hybridized carbons (Fsp3) is 0.333. The molecule has 84 valence electrons. The van der Waals surface area contributed by atoms with Crippen LogP contribution in [0.15, 0.2) is 18.2 Å². The van der Waals surface area contributed by atoms with E-state index in [4.69, 9.17) is 5.11 Å². The van der Waals surface area contributed by atoms with Gasteiger partial charge in [-0.15, -0.1) is 0 Å². The summed E-state index contributed by atoms with van der Waals surface area (Å²) < 4.78 is 0. The number of aryl methyl sites for hydroxylation is 1. The topological polar surface area (TPSA) is 57.6 Å². The molecule has 1 N–H and O–H groups in total. The van der Waals surface area contributed by atoms with Crippen molar-refractivity contribution in [2.24, 2.45) is 0 Å². The molecule has 0 radical (unpaired) electrons. The van der Waals surface area contributed by atoms with Crippen molar-refractivity contribution in [3.05, 3.63) is 34.9 Å². The molecule has 0 aliphatic carbocycles. The normalized spacial score (nSPS) is 14.1. The van der Waals surface area contributed by atoms with Crippen LogP contribution < -0.4 is 0 Å². The monoisotopic (exact) mass is 219 g/mol. The SMILES string of the molecule is CN1Cc2cc(CCC(=O)O)ccc2C1=O. The van der Waals surface area contributed by atoms with Crippen LogP contribution in [-0.2, 0) is 17.8 Å². The van der Waals surface area contributed by atoms with Crippen LogP contribution in [0, 0.1) is 0 Å². The fourth-order valence-corrected chi connectivity index (χ4v) is 1.93. The van der Waals surface area contributed by atoms with Crippen molar-refractivity contribution < 1.29 is 14.7 Å². The highest BCUT2D eigenvalue weighted by atomic mass is 16.4. The van der Waals surface area contributed by atoms with E-state index in [1.165, 1.54) is 0 Å². The highest BCUT2D eigenvalue weighted by Gasteiger charge is 2.23. The van der Waals surface area contributed by atoms with Crippen LogP contribution in [-0.4, -0.2) is 28.9 Å². The Morgan fingerprint density at radius 3 is 2.94 bits per heavy atom. The van der Waals surface area contributed by atoms with Gasteiger partial charge in [0.15, 0.2) is 0 Å². The second kappa shape index (κ2) is 3.96. The predicted octanol–water partition coefficient (Wildman–Crippen LogP) is 1.29. The fourth-order valence-electron chi connectivity index (χ4n) is 1.93. The molecule has 1 heterocycles. The van der Waals surface area contributed by atoms with Gasteiger partial charge < -0.3 is 10.0 Å². The van der Waals surface area contributed by atoms with Gasteiger partial charge in [-0.05, 0) is 23.6 Å². The standard InChI is InChI=1S/C12H13NO3/c1-13-7-9-6-8(3-5-11(14)15)2-4-10(9)12(13)16/h2,4,6H,3,5,7H2,1H3,(H,14,15). The lowest BCUT2D eigenvalue weighted by atomic mass is 10.0. The van der Waals surface area contributed by atoms with Gasteiger partial charge in [0.2, 0.25) is 0 Å². The molecule has 1 aliphatic rings. The summed E-state index contributed by atoms with van der Waals surface area (Å²) in [6.45, 7) is 0.620. The Labute approximate surface area is 93.5 Å². The summed E-state index contributed by atoms with van der Waals surface area (Å²) in [5.74, 6) is -0.756. The second-order valence-corrected chi connectivity index (χ2v) is 4.05. The van der Waals surface area contributed by atoms with Gasteiger partial charge in [0.25, 0.3) is 5.91 Å². The number of benzene rings is 1. The lowest BCUT2D eigenvalue weighted by Gasteiger charge is -2.04. The second-order valence-electron chi connectivity index (χ2n) is 4.05. The molecule has 1 aromatic carbocycles. The first-order valence-electron chi connectivity index (χ1n) is 5.17. The summed E-state index contributed by atoms with van der Waals surface area (Å²) in [5, 5.41) is 8.59. The number of carbonyl (C=O) groups is 2. The van der Waals surface area contributed by atoms with Crippen LogP contribution >= 0.6 is 0 Å². The predicted molar refractivity (Wildman–Crippen MR) is 58.2 cm³/mol. The molecule has 1 aromatic rings. The number of nitrogens with zero attached hydrogens (tertiary/aromatic N) is 1. The zero-order chi connectivity index (χ0) is 11.7. The number of carboxylic acid groups (broad SMARTS) is 1. The van der Waals surface area contributed by atoms with Crippen molar-refractivity contribution in [2.45, 2.75) is 19.4 Å². The maximum Gasteiger partial charge on any atom is 0.303 e. The van der Waals surface area contributed by atoms with Crippen molar-refractivity contribution in [3.8, 4) is 0 Å². The van der Waals surface area contributed by atoms with E-state index in [0.717, 1.165) is 16.7 Å². The molecule has 0 spiro atoms. The number of carboxylic acids is 1. The Kier molecular flexibility index (Phi) is 2.64. The highest BCUT2D eigenvalue weighted by molar-refractivity contribution is 5.98. The molecular weight excluding hydrogens is 206 g/mol. The van der Waals surface area contributed by atoms with Gasteiger partial charge in [-0.2, -0.15) is 0 Å². The minimum Gasteiger partial charge on any atom is -0.481 e. The molecule has 0 saturated heterocycles. The third kappa shape index (κ3) is 1.91. The first-order valence-corrected chi connectivity index (χ1v) is 5.17. The van der Waals surface area contributed by atoms with Gasteiger partial charge in [0.05, 0.1) is 0 Å². The molecule has 0 aromatic heterocycles. The average Bonchev–Trinajstić information content (AvgIpc) is 2.52. The smallest absolute Gasteiger partial charge is 0.303 e. The highest BCUT2D eigenvalue weighted by Crippen LogP contribution is 2.22. The lowest BCUT2D eigenvalue weighted by molar-refractivity contribution is -0.136. The number of fused-ring (bicyclic) bond motifs is 1. The van der Waals surface area contributed by atoms with Crippen LogP contribution in [0.4, 0.5) is 0 Å². The molecule has 0 atom stereocenters. The third-order valence-corrected chi connectivity index (χ3v) is 2.78. The summed E-state index contributed by atoms with van der Waals surface area (Å²) >= 11 is 0. The van der Waals surface area contributed by atoms with Crippen molar-refractivity contribution in [1.82, 2.24) is 4.90 Å². The average molecular weight is 219 g/mol. The van der Waals surface area contributed by atoms with E-state index >= 15 is 0 Å². The maximum atomic E-state index is 11.6. The van der Waals surface area contributed by atoms with Gasteiger partial charge in [0, 0.05) is 25.6 Å². The molecule has 1 aliphatic heterocycles. The van der Waals surface area contributed by atoms with Crippen molar-refractivity contribution in [3.63, 3.8) is 0 Å². The molecule has 4 heteroatoms. The molecular formula is C12H13NO3. The Hall–Kier alpha value is -1.84. The van der Waals surface area contributed by atoms with E-state index in [9.17, 15) is 9.59 Å². The van der Waals surface area contributed by atoms with Crippen LogP contribution in [0.5, 0.6) is 0 Å². The number of amides is 1. The molecule has 0 fully saturated rings. The first kappa shape index (κ1) is 10.7. The van der Waals surface area contributed by atoms with Gasteiger partial charge in [-0.1, -0.05) is 12.1 Å². The summed E-state index contributed by atoms with van der Waals surface area (Å²) in [6.07, 6.45) is 0.642. The van der Waals surface area contributed by atoms with E-state index in [-0.39, 0.29) is 12.3 Å². The summed E-state index contributed by atoms with van der Waals surface area (Å²) in [7, 11) is 1.76. The van der Waals surface area contributed by atoms with Crippen LogP contribution in [0.25, 0.3) is 0 Å². The minimum absolute atomic E-state index is 0.0415. The van der Waals surface area contributed by atoms with Crippen LogP contribution in [0.2, 0.25) is 0 Å². The van der Waals surface area contributed by atoms with E-state index < -0.39 is 5.97 Å². The molecule has 0 unspecified atom stereocenters.